The third kappa shape index (κ3) is 2.57. The molecule has 0 saturated carbocycles. The molecular weight excluding hydrogens is 221 g/mol. The molecule has 0 fully saturated rings. The van der Waals surface area contributed by atoms with Crippen LogP contribution in [0.15, 0.2) is 18.2 Å². The van der Waals surface area contributed by atoms with Gasteiger partial charge in [-0.3, -0.25) is 4.90 Å². The summed E-state index contributed by atoms with van der Waals surface area (Å²) in [5, 5.41) is 0. The predicted molar refractivity (Wildman–Crippen MR) is 57.1 cm³/mol. The number of hydrogen-bond donors (Lipinski definition) is 2. The summed E-state index contributed by atoms with van der Waals surface area (Å²) in [6.07, 6.45) is 0. The van der Waals surface area contributed by atoms with Gasteiger partial charge < -0.3 is 11.5 Å². The highest BCUT2D eigenvalue weighted by Gasteiger charge is 2.15. The van der Waals surface area contributed by atoms with Gasteiger partial charge in [-0.05, 0) is 17.7 Å². The quantitative estimate of drug-likeness (QED) is 0.609. The first-order valence-corrected chi connectivity index (χ1v) is 4.75. The normalized spacial score (nSPS) is 10.1. The minimum atomic E-state index is -0.801. The van der Waals surface area contributed by atoms with Crippen molar-refractivity contribution in [1.29, 1.82) is 0 Å². The molecule has 0 aromatic heterocycles. The first-order valence-electron chi connectivity index (χ1n) is 4.21. The maximum absolute atomic E-state index is 13.5. The highest BCUT2D eigenvalue weighted by Crippen LogP contribution is 2.20. The predicted octanol–water partition coefficient (Wildman–Crippen LogP) is 1.37. The van der Waals surface area contributed by atoms with Crippen molar-refractivity contribution < 1.29 is 9.18 Å². The molecule has 6 heteroatoms. The maximum Gasteiger partial charge on any atom is 0.320 e. The van der Waals surface area contributed by atoms with Crippen molar-refractivity contribution >= 4 is 23.3 Å². The number of hydrogen-bond acceptors (Lipinski definition) is 2. The molecule has 0 unspecified atom stereocenters. The average molecular weight is 232 g/mol. The molecule has 0 aliphatic carbocycles. The van der Waals surface area contributed by atoms with Crippen molar-refractivity contribution in [2.24, 2.45) is 11.5 Å². The summed E-state index contributed by atoms with van der Waals surface area (Å²) in [5.41, 5.74) is 11.1. The molecule has 1 aromatic carbocycles. The van der Waals surface area contributed by atoms with Gasteiger partial charge in [0.1, 0.15) is 11.8 Å². The maximum atomic E-state index is 13.5. The van der Waals surface area contributed by atoms with Crippen LogP contribution in [0.4, 0.5) is 14.9 Å². The first kappa shape index (κ1) is 11.7. The lowest BCUT2D eigenvalue weighted by atomic mass is 10.2. The third-order valence-electron chi connectivity index (χ3n) is 1.92. The molecule has 0 atom stereocenters. The summed E-state index contributed by atoms with van der Waals surface area (Å²) in [4.78, 5) is 11.8. The zero-order valence-corrected chi connectivity index (χ0v) is 8.67. The van der Waals surface area contributed by atoms with Crippen LogP contribution in [0.25, 0.3) is 0 Å². The van der Waals surface area contributed by atoms with Crippen molar-refractivity contribution in [2.45, 2.75) is 6.54 Å². The molecular formula is C9H11ClFN3O. The molecule has 15 heavy (non-hydrogen) atoms. The molecule has 2 amide bonds. The van der Waals surface area contributed by atoms with Gasteiger partial charge in [0.25, 0.3) is 0 Å². The van der Waals surface area contributed by atoms with E-state index in [1.807, 2.05) is 0 Å². The van der Waals surface area contributed by atoms with Crippen LogP contribution in [0.2, 0.25) is 0 Å². The number of amides is 2. The second kappa shape index (κ2) is 4.95. The Morgan fingerprint density at radius 3 is 2.60 bits per heavy atom. The van der Waals surface area contributed by atoms with Crippen LogP contribution in [-0.2, 0) is 6.54 Å². The van der Waals surface area contributed by atoms with Gasteiger partial charge in [0.15, 0.2) is 0 Å². The second-order valence-electron chi connectivity index (χ2n) is 2.88. The fourth-order valence-electron chi connectivity index (χ4n) is 1.14. The van der Waals surface area contributed by atoms with E-state index in [1.165, 1.54) is 12.1 Å². The molecule has 0 bridgehead atoms. The fraction of sp³-hybridized carbons (Fsp3) is 0.222. The number of rotatable bonds is 3. The Kier molecular flexibility index (Phi) is 3.88. The summed E-state index contributed by atoms with van der Waals surface area (Å²) >= 11 is 5.48. The van der Waals surface area contributed by atoms with Crippen LogP contribution in [0, 0.1) is 5.82 Å². The average Bonchev–Trinajstić information content (AvgIpc) is 2.20. The number of anilines is 1. The molecule has 1 rings (SSSR count). The highest BCUT2D eigenvalue weighted by molar-refractivity contribution is 6.21. The molecule has 0 saturated heterocycles. The van der Waals surface area contributed by atoms with Crippen molar-refractivity contribution in [3.05, 3.63) is 29.6 Å². The molecule has 0 spiro atoms. The van der Waals surface area contributed by atoms with E-state index in [4.69, 9.17) is 23.1 Å². The van der Waals surface area contributed by atoms with E-state index in [1.54, 1.807) is 6.07 Å². The van der Waals surface area contributed by atoms with Crippen LogP contribution in [-0.4, -0.2) is 12.0 Å². The fourth-order valence-corrected chi connectivity index (χ4v) is 1.38. The Balaban J connectivity index is 3.08. The number of carbonyl (C=O) groups excluding carboxylic acids is 1. The Hall–Kier alpha value is -1.33. The molecule has 0 radical (unpaired) electrons. The lowest BCUT2D eigenvalue weighted by Crippen LogP contribution is -2.35. The monoisotopic (exact) mass is 231 g/mol. The number of nitrogens with zero attached hydrogens (tertiary/aromatic N) is 1. The minimum Gasteiger partial charge on any atom is -0.351 e. The van der Waals surface area contributed by atoms with Crippen molar-refractivity contribution in [3.63, 3.8) is 0 Å². The van der Waals surface area contributed by atoms with Gasteiger partial charge in [0, 0.05) is 6.54 Å². The van der Waals surface area contributed by atoms with E-state index in [2.05, 4.69) is 0 Å². The van der Waals surface area contributed by atoms with Crippen molar-refractivity contribution in [1.82, 2.24) is 0 Å². The van der Waals surface area contributed by atoms with Crippen LogP contribution in [0.5, 0.6) is 0 Å². The molecule has 0 aliphatic heterocycles. The van der Waals surface area contributed by atoms with Crippen LogP contribution in [0.3, 0.4) is 0 Å². The topological polar surface area (TPSA) is 72.3 Å². The van der Waals surface area contributed by atoms with Crippen molar-refractivity contribution in [3.8, 4) is 0 Å². The van der Waals surface area contributed by atoms with Gasteiger partial charge in [0.2, 0.25) is 0 Å². The van der Waals surface area contributed by atoms with Gasteiger partial charge in [-0.25, -0.2) is 9.18 Å². The van der Waals surface area contributed by atoms with E-state index < -0.39 is 11.8 Å². The third-order valence-corrected chi connectivity index (χ3v) is 2.16. The zero-order valence-electron chi connectivity index (χ0n) is 7.91. The SMILES string of the molecule is NCc1ccc(N(CCl)C(N)=O)c(F)c1. The largest absolute Gasteiger partial charge is 0.351 e. The van der Waals surface area contributed by atoms with Gasteiger partial charge in [-0.2, -0.15) is 0 Å². The molecule has 4 nitrogen and oxygen atoms in total. The van der Waals surface area contributed by atoms with Gasteiger partial charge >= 0.3 is 6.03 Å². The van der Waals surface area contributed by atoms with E-state index in [0.29, 0.717) is 5.56 Å². The lowest BCUT2D eigenvalue weighted by Gasteiger charge is -2.18. The van der Waals surface area contributed by atoms with Crippen LogP contribution in [0.1, 0.15) is 5.56 Å². The smallest absolute Gasteiger partial charge is 0.320 e. The first-order chi connectivity index (χ1) is 7.10. The number of nitrogens with two attached hydrogens (primary N) is 2. The van der Waals surface area contributed by atoms with E-state index in [0.717, 1.165) is 4.90 Å². The molecule has 0 heterocycles. The summed E-state index contributed by atoms with van der Waals surface area (Å²) in [5.74, 6) is -0.572. The van der Waals surface area contributed by atoms with Gasteiger partial charge in [0.05, 0.1) is 5.69 Å². The molecule has 4 N–H and O–H groups in total. The number of benzene rings is 1. The van der Waals surface area contributed by atoms with E-state index >= 15 is 0 Å². The lowest BCUT2D eigenvalue weighted by molar-refractivity contribution is 0.254. The minimum absolute atomic E-state index is 0.0506. The standard InChI is InChI=1S/C9H11ClFN3O/c10-5-14(9(13)15)8-2-1-6(4-12)3-7(8)11/h1-3H,4-5,12H2,(H2,13,15). The number of halogens is 2. The summed E-state index contributed by atoms with van der Waals surface area (Å²) in [7, 11) is 0. The number of carbonyl (C=O) groups is 1. The van der Waals surface area contributed by atoms with Gasteiger partial charge in [-0.15, -0.1) is 11.6 Å². The molecule has 82 valence electrons. The summed E-state index contributed by atoms with van der Waals surface area (Å²) < 4.78 is 13.5. The molecule has 0 aliphatic rings. The Labute approximate surface area is 91.6 Å². The Morgan fingerprint density at radius 1 is 1.53 bits per heavy atom. The number of alkyl halides is 1. The second-order valence-corrected chi connectivity index (χ2v) is 3.11. The van der Waals surface area contributed by atoms with Gasteiger partial charge in [-0.1, -0.05) is 6.07 Å². The highest BCUT2D eigenvalue weighted by atomic mass is 35.5. The number of urea groups is 1. The summed E-state index contributed by atoms with van der Waals surface area (Å²) in [6, 6.07) is 3.28. The Bertz CT molecular complexity index is 372. The van der Waals surface area contributed by atoms with E-state index in [-0.39, 0.29) is 18.2 Å². The van der Waals surface area contributed by atoms with Crippen LogP contribution >= 0.6 is 11.6 Å². The number of primary amides is 1. The molecule has 1 aromatic rings. The van der Waals surface area contributed by atoms with Crippen molar-refractivity contribution in [2.75, 3.05) is 10.9 Å². The zero-order chi connectivity index (χ0) is 11.4. The van der Waals surface area contributed by atoms with Crippen LogP contribution < -0.4 is 16.4 Å². The Morgan fingerprint density at radius 2 is 2.20 bits per heavy atom. The summed E-state index contributed by atoms with van der Waals surface area (Å²) in [6.45, 7) is 0.231. The van der Waals surface area contributed by atoms with E-state index in [9.17, 15) is 9.18 Å².